The zero-order valence-corrected chi connectivity index (χ0v) is 10.1. The van der Waals surface area contributed by atoms with Gasteiger partial charge in [-0.15, -0.1) is 5.54 Å². The Morgan fingerprint density at radius 3 is 2.80 bits per heavy atom. The highest BCUT2D eigenvalue weighted by Crippen LogP contribution is 2.09. The second kappa shape index (κ2) is 3.52. The van der Waals surface area contributed by atoms with Gasteiger partial charge in [-0.1, -0.05) is 25.6 Å². The lowest BCUT2D eigenvalue weighted by Crippen LogP contribution is -2.16. The van der Waals surface area contributed by atoms with Crippen LogP contribution >= 0.6 is 0 Å². The number of aromatic nitrogens is 3. The average molecular weight is 215 g/mol. The van der Waals surface area contributed by atoms with E-state index in [1.54, 1.807) is 12.4 Å². The van der Waals surface area contributed by atoms with Crippen LogP contribution in [0.2, 0.25) is 19.6 Å². The van der Waals surface area contributed by atoms with Gasteiger partial charge in [-0.2, -0.15) is 5.10 Å². The van der Waals surface area contributed by atoms with Crippen LogP contribution in [-0.2, 0) is 0 Å². The number of hydrogen-bond acceptors (Lipinski definition) is 2. The van der Waals surface area contributed by atoms with E-state index in [1.807, 2.05) is 6.07 Å². The van der Waals surface area contributed by atoms with Gasteiger partial charge in [-0.3, -0.25) is 5.10 Å². The molecule has 3 nitrogen and oxygen atoms in total. The lowest BCUT2D eigenvalue weighted by molar-refractivity contribution is 1.10. The lowest BCUT2D eigenvalue weighted by atomic mass is 10.2. The summed E-state index contributed by atoms with van der Waals surface area (Å²) in [5.41, 5.74) is 5.09. The van der Waals surface area contributed by atoms with E-state index < -0.39 is 8.07 Å². The SMILES string of the molecule is C[Si](C)(C)C#Cc1cnc2[nH]ncc2c1. The molecule has 0 fully saturated rings. The quantitative estimate of drug-likeness (QED) is 0.540. The zero-order valence-electron chi connectivity index (χ0n) is 9.13. The number of hydrogen-bond donors (Lipinski definition) is 1. The molecule has 0 radical (unpaired) electrons. The Kier molecular flexibility index (Phi) is 2.33. The summed E-state index contributed by atoms with van der Waals surface area (Å²) < 4.78 is 0. The van der Waals surface area contributed by atoms with Crippen LogP contribution < -0.4 is 0 Å². The van der Waals surface area contributed by atoms with E-state index in [0.717, 1.165) is 16.6 Å². The van der Waals surface area contributed by atoms with Crippen LogP contribution in [0.15, 0.2) is 18.5 Å². The van der Waals surface area contributed by atoms with Crippen molar-refractivity contribution < 1.29 is 0 Å². The van der Waals surface area contributed by atoms with Crippen molar-refractivity contribution in [3.05, 3.63) is 24.0 Å². The summed E-state index contributed by atoms with van der Waals surface area (Å²) in [5.74, 6) is 3.17. The maximum Gasteiger partial charge on any atom is 0.155 e. The van der Waals surface area contributed by atoms with Gasteiger partial charge in [-0.05, 0) is 6.07 Å². The Morgan fingerprint density at radius 2 is 2.07 bits per heavy atom. The van der Waals surface area contributed by atoms with Gasteiger partial charge in [0.05, 0.1) is 6.20 Å². The molecule has 2 aromatic rings. The minimum atomic E-state index is -1.30. The van der Waals surface area contributed by atoms with Crippen LogP contribution in [0.5, 0.6) is 0 Å². The maximum atomic E-state index is 4.24. The smallest absolute Gasteiger partial charge is 0.155 e. The Hall–Kier alpha value is -1.60. The molecule has 0 aliphatic heterocycles. The average Bonchev–Trinajstić information content (AvgIpc) is 2.60. The fraction of sp³-hybridized carbons (Fsp3) is 0.273. The van der Waals surface area contributed by atoms with Gasteiger partial charge in [0, 0.05) is 17.1 Å². The highest BCUT2D eigenvalue weighted by Gasteiger charge is 2.07. The van der Waals surface area contributed by atoms with E-state index in [4.69, 9.17) is 0 Å². The third-order valence-electron chi connectivity index (χ3n) is 1.87. The van der Waals surface area contributed by atoms with E-state index in [-0.39, 0.29) is 0 Å². The molecule has 15 heavy (non-hydrogen) atoms. The van der Waals surface area contributed by atoms with E-state index in [0.29, 0.717) is 0 Å². The molecule has 0 aromatic carbocycles. The fourth-order valence-corrected chi connectivity index (χ4v) is 1.68. The molecule has 0 aliphatic rings. The Labute approximate surface area is 89.9 Å². The minimum Gasteiger partial charge on any atom is -0.261 e. The van der Waals surface area contributed by atoms with E-state index >= 15 is 0 Å². The summed E-state index contributed by atoms with van der Waals surface area (Å²) in [6.07, 6.45) is 3.55. The van der Waals surface area contributed by atoms with Crippen molar-refractivity contribution in [3.8, 4) is 11.5 Å². The van der Waals surface area contributed by atoms with Gasteiger partial charge < -0.3 is 0 Å². The molecule has 0 atom stereocenters. The molecule has 4 heteroatoms. The summed E-state index contributed by atoms with van der Waals surface area (Å²) >= 11 is 0. The summed E-state index contributed by atoms with van der Waals surface area (Å²) in [4.78, 5) is 4.24. The van der Waals surface area contributed by atoms with Crippen molar-refractivity contribution in [2.75, 3.05) is 0 Å². The molecule has 76 valence electrons. The highest BCUT2D eigenvalue weighted by atomic mass is 28.3. The molecule has 0 saturated carbocycles. The number of nitrogens with one attached hydrogen (secondary N) is 1. The van der Waals surface area contributed by atoms with Crippen molar-refractivity contribution in [1.29, 1.82) is 0 Å². The van der Waals surface area contributed by atoms with Crippen molar-refractivity contribution in [1.82, 2.24) is 15.2 Å². The largest absolute Gasteiger partial charge is 0.261 e. The molecule has 2 heterocycles. The number of nitrogens with zero attached hydrogens (tertiary/aromatic N) is 2. The molecule has 2 rings (SSSR count). The molecular formula is C11H13N3Si. The standard InChI is InChI=1S/C11H13N3Si/c1-15(2,3)5-4-9-6-10-8-13-14-11(10)12-7-9/h6-8H,1-3H3,(H,12,13,14). The molecule has 0 amide bonds. The molecule has 0 bridgehead atoms. The third-order valence-corrected chi connectivity index (χ3v) is 2.75. The van der Waals surface area contributed by atoms with Crippen molar-refractivity contribution >= 4 is 19.1 Å². The molecular weight excluding hydrogens is 202 g/mol. The molecule has 0 spiro atoms. The summed E-state index contributed by atoms with van der Waals surface area (Å²) in [7, 11) is -1.30. The van der Waals surface area contributed by atoms with Crippen LogP contribution in [-0.4, -0.2) is 23.3 Å². The first-order valence-electron chi connectivity index (χ1n) is 4.87. The molecule has 0 saturated heterocycles. The number of aromatic amines is 1. The third kappa shape index (κ3) is 2.45. The first-order chi connectivity index (χ1) is 7.04. The fourth-order valence-electron chi connectivity index (χ4n) is 1.16. The maximum absolute atomic E-state index is 4.24. The highest BCUT2D eigenvalue weighted by molar-refractivity contribution is 6.83. The van der Waals surface area contributed by atoms with Gasteiger partial charge in [0.2, 0.25) is 0 Å². The number of rotatable bonds is 0. The summed E-state index contributed by atoms with van der Waals surface area (Å²) in [6, 6.07) is 2.01. The van der Waals surface area contributed by atoms with Gasteiger partial charge in [0.25, 0.3) is 0 Å². The van der Waals surface area contributed by atoms with Crippen LogP contribution in [0.25, 0.3) is 11.0 Å². The Balaban J connectivity index is 2.39. The van der Waals surface area contributed by atoms with E-state index in [9.17, 15) is 0 Å². The summed E-state index contributed by atoms with van der Waals surface area (Å²) in [5, 5.41) is 7.75. The first-order valence-corrected chi connectivity index (χ1v) is 8.37. The predicted octanol–water partition coefficient (Wildman–Crippen LogP) is 2.19. The van der Waals surface area contributed by atoms with Crippen LogP contribution in [0.1, 0.15) is 5.56 Å². The van der Waals surface area contributed by atoms with E-state index in [2.05, 4.69) is 46.3 Å². The normalized spacial score (nSPS) is 11.1. The Bertz CT molecular complexity index is 540. The predicted molar refractivity (Wildman–Crippen MR) is 64.1 cm³/mol. The molecule has 2 aromatic heterocycles. The second-order valence-corrected chi connectivity index (χ2v) is 9.28. The van der Waals surface area contributed by atoms with E-state index in [1.165, 1.54) is 0 Å². The number of pyridine rings is 1. The van der Waals surface area contributed by atoms with Gasteiger partial charge in [0.15, 0.2) is 5.65 Å². The van der Waals surface area contributed by atoms with Gasteiger partial charge >= 0.3 is 0 Å². The number of H-pyrrole nitrogens is 1. The van der Waals surface area contributed by atoms with Crippen LogP contribution in [0.3, 0.4) is 0 Å². The lowest BCUT2D eigenvalue weighted by Gasteiger charge is -2.03. The topological polar surface area (TPSA) is 41.6 Å². The van der Waals surface area contributed by atoms with Crippen molar-refractivity contribution in [2.45, 2.75) is 19.6 Å². The molecule has 0 unspecified atom stereocenters. The summed E-state index contributed by atoms with van der Waals surface area (Å²) in [6.45, 7) is 6.68. The molecule has 1 N–H and O–H groups in total. The Morgan fingerprint density at radius 1 is 1.27 bits per heavy atom. The van der Waals surface area contributed by atoms with Gasteiger partial charge in [0.1, 0.15) is 8.07 Å². The zero-order chi connectivity index (χ0) is 10.9. The van der Waals surface area contributed by atoms with Crippen LogP contribution in [0.4, 0.5) is 0 Å². The minimum absolute atomic E-state index is 0.813. The second-order valence-electron chi connectivity index (χ2n) is 4.53. The van der Waals surface area contributed by atoms with Crippen LogP contribution in [0, 0.1) is 11.5 Å². The molecule has 0 aliphatic carbocycles. The van der Waals surface area contributed by atoms with Crippen molar-refractivity contribution in [2.24, 2.45) is 0 Å². The van der Waals surface area contributed by atoms with Crippen molar-refractivity contribution in [3.63, 3.8) is 0 Å². The van der Waals surface area contributed by atoms with Gasteiger partial charge in [-0.25, -0.2) is 4.98 Å². The monoisotopic (exact) mass is 215 g/mol. The first kappa shape index (κ1) is 9.93. The number of fused-ring (bicyclic) bond motifs is 1.